The Labute approximate surface area is 346 Å². The Morgan fingerprint density at radius 1 is 0.356 bits per heavy atom. The Hall–Kier alpha value is -6.65. The summed E-state index contributed by atoms with van der Waals surface area (Å²) < 4.78 is 0. The van der Waals surface area contributed by atoms with Gasteiger partial charge in [0.15, 0.2) is 17.5 Å². The van der Waals surface area contributed by atoms with Crippen LogP contribution in [0.5, 0.6) is 0 Å². The number of hydrogen-bond donors (Lipinski definition) is 0. The van der Waals surface area contributed by atoms with E-state index in [1.54, 1.807) is 5.56 Å². The zero-order valence-electron chi connectivity index (χ0n) is 33.0. The van der Waals surface area contributed by atoms with Gasteiger partial charge >= 0.3 is 0 Å². The van der Waals surface area contributed by atoms with Gasteiger partial charge in [0.2, 0.25) is 0 Å². The molecule has 4 saturated carbocycles. The lowest BCUT2D eigenvalue weighted by atomic mass is 9.41. The van der Waals surface area contributed by atoms with Gasteiger partial charge in [-0.05, 0) is 126 Å². The molecule has 284 valence electrons. The first-order chi connectivity index (χ1) is 29.2. The molecular weight excluding hydrogens is 717 g/mol. The summed E-state index contributed by atoms with van der Waals surface area (Å²) in [6, 6.07) is 65.9. The van der Waals surface area contributed by atoms with E-state index < -0.39 is 0 Å². The Kier molecular flexibility index (Phi) is 8.01. The highest BCUT2D eigenvalue weighted by atomic mass is 15.2. The molecule has 59 heavy (non-hydrogen) atoms. The third kappa shape index (κ3) is 5.61. The van der Waals surface area contributed by atoms with Crippen LogP contribution in [0.4, 0.5) is 17.1 Å². The van der Waals surface area contributed by atoms with Crippen LogP contribution in [-0.2, 0) is 5.41 Å². The zero-order valence-corrected chi connectivity index (χ0v) is 33.0. The SMILES string of the molecule is c1ccc(-c2nc(-c3ccccc3)nc(-c3cccc(-c4cccc(-c5ccc6c(c5)N(c5ccccc5)c5ccccc5C65C6CC7CC(C6)CC5C7)c4)c3)n2)cc1. The molecule has 13 rings (SSSR count). The van der Waals surface area contributed by atoms with E-state index >= 15 is 0 Å². The van der Waals surface area contributed by atoms with Crippen molar-refractivity contribution in [2.75, 3.05) is 4.90 Å². The van der Waals surface area contributed by atoms with Crippen molar-refractivity contribution in [3.63, 3.8) is 0 Å². The fourth-order valence-electron chi connectivity index (χ4n) is 11.9. The van der Waals surface area contributed by atoms with Gasteiger partial charge < -0.3 is 4.90 Å². The van der Waals surface area contributed by atoms with Crippen molar-refractivity contribution in [2.45, 2.75) is 37.5 Å². The van der Waals surface area contributed by atoms with Crippen LogP contribution in [0.25, 0.3) is 56.4 Å². The van der Waals surface area contributed by atoms with Gasteiger partial charge in [-0.1, -0.05) is 146 Å². The zero-order chi connectivity index (χ0) is 38.9. The number of benzene rings is 7. The van der Waals surface area contributed by atoms with Crippen molar-refractivity contribution in [3.05, 3.63) is 193 Å². The van der Waals surface area contributed by atoms with Crippen molar-refractivity contribution < 1.29 is 0 Å². The third-order valence-electron chi connectivity index (χ3n) is 14.1. The second-order valence-corrected chi connectivity index (χ2v) is 17.3. The number of anilines is 3. The predicted octanol–water partition coefficient (Wildman–Crippen LogP) is 13.7. The van der Waals surface area contributed by atoms with Gasteiger partial charge in [-0.2, -0.15) is 0 Å². The minimum atomic E-state index is 0.0568. The van der Waals surface area contributed by atoms with Gasteiger partial charge in [-0.3, -0.25) is 0 Å². The standard InChI is InChI=1S/C55H44N4/c1-4-14-38(15-5-1)52-56-53(39-16-6-2-7-17-39)58-54(57-52)44-21-13-20-42(34-44)40-18-12-19-41(33-40)43-26-27-49-51(35-43)59(47-22-8-3-9-23-47)50-25-11-10-24-48(50)55(49)45-29-36-28-37(31-45)32-46(55)30-36/h1-27,33-37,45-46H,28-32H2. The van der Waals surface area contributed by atoms with Crippen LogP contribution in [0.2, 0.25) is 0 Å². The van der Waals surface area contributed by atoms with Crippen LogP contribution in [0.3, 0.4) is 0 Å². The van der Waals surface area contributed by atoms with Crippen molar-refractivity contribution in [2.24, 2.45) is 23.7 Å². The molecule has 4 fully saturated rings. The average molecular weight is 761 g/mol. The maximum atomic E-state index is 5.02. The van der Waals surface area contributed by atoms with E-state index in [4.69, 9.17) is 15.0 Å². The number of para-hydroxylation sites is 2. The van der Waals surface area contributed by atoms with Crippen molar-refractivity contribution in [1.29, 1.82) is 0 Å². The normalized spacial score (nSPS) is 22.3. The number of hydrogen-bond acceptors (Lipinski definition) is 4. The largest absolute Gasteiger partial charge is 0.310 e. The third-order valence-corrected chi connectivity index (χ3v) is 14.1. The van der Waals surface area contributed by atoms with Gasteiger partial charge in [-0.15, -0.1) is 0 Å². The molecule has 4 bridgehead atoms. The van der Waals surface area contributed by atoms with Crippen LogP contribution in [0, 0.1) is 23.7 Å². The van der Waals surface area contributed by atoms with E-state index in [0.29, 0.717) is 29.3 Å². The Morgan fingerprint density at radius 3 is 1.39 bits per heavy atom. The molecule has 4 nitrogen and oxygen atoms in total. The fourth-order valence-corrected chi connectivity index (χ4v) is 11.9. The monoisotopic (exact) mass is 760 g/mol. The van der Waals surface area contributed by atoms with Crippen molar-refractivity contribution >= 4 is 17.1 Å². The first-order valence-corrected chi connectivity index (χ1v) is 21.4. The minimum absolute atomic E-state index is 0.0568. The van der Waals surface area contributed by atoms with Crippen molar-refractivity contribution in [3.8, 4) is 56.4 Å². The average Bonchev–Trinajstić information content (AvgIpc) is 3.30. The van der Waals surface area contributed by atoms with Crippen LogP contribution in [0.1, 0.15) is 43.2 Å². The van der Waals surface area contributed by atoms with E-state index in [9.17, 15) is 0 Å². The van der Waals surface area contributed by atoms with E-state index in [1.807, 2.05) is 36.4 Å². The molecule has 0 saturated heterocycles. The lowest BCUT2D eigenvalue weighted by molar-refractivity contribution is -0.0419. The maximum absolute atomic E-state index is 5.02. The van der Waals surface area contributed by atoms with Gasteiger partial charge in [0.1, 0.15) is 0 Å². The Morgan fingerprint density at radius 2 is 0.797 bits per heavy atom. The van der Waals surface area contributed by atoms with Crippen LogP contribution in [0.15, 0.2) is 182 Å². The molecule has 0 radical (unpaired) electrons. The number of nitrogens with zero attached hydrogens (tertiary/aromatic N) is 4. The lowest BCUT2D eigenvalue weighted by Crippen LogP contribution is -2.57. The summed E-state index contributed by atoms with van der Waals surface area (Å²) in [5, 5.41) is 0. The summed E-state index contributed by atoms with van der Waals surface area (Å²) in [6.45, 7) is 0. The van der Waals surface area contributed by atoms with Crippen LogP contribution >= 0.6 is 0 Å². The molecule has 4 aliphatic carbocycles. The molecule has 1 spiro atoms. The first kappa shape index (κ1) is 34.4. The van der Waals surface area contributed by atoms with Crippen LogP contribution < -0.4 is 4.90 Å². The summed E-state index contributed by atoms with van der Waals surface area (Å²) in [7, 11) is 0. The molecular formula is C55H44N4. The summed E-state index contributed by atoms with van der Waals surface area (Å²) in [4.78, 5) is 17.5. The molecule has 5 aliphatic rings. The summed E-state index contributed by atoms with van der Waals surface area (Å²) >= 11 is 0. The molecule has 8 aromatic rings. The first-order valence-electron chi connectivity index (χ1n) is 21.4. The summed E-state index contributed by atoms with van der Waals surface area (Å²) in [5.74, 6) is 5.16. The highest BCUT2D eigenvalue weighted by Crippen LogP contribution is 2.69. The lowest BCUT2D eigenvalue weighted by Gasteiger charge is -2.64. The van der Waals surface area contributed by atoms with Crippen molar-refractivity contribution in [1.82, 2.24) is 15.0 Å². The fraction of sp³-hybridized carbons (Fsp3) is 0.182. The van der Waals surface area contributed by atoms with Gasteiger partial charge in [0, 0.05) is 27.8 Å². The number of aromatic nitrogens is 3. The molecule has 2 heterocycles. The highest BCUT2D eigenvalue weighted by molar-refractivity contribution is 5.89. The van der Waals surface area contributed by atoms with E-state index in [-0.39, 0.29) is 5.41 Å². The molecule has 0 N–H and O–H groups in total. The maximum Gasteiger partial charge on any atom is 0.164 e. The summed E-state index contributed by atoms with van der Waals surface area (Å²) in [6.07, 6.45) is 6.90. The van der Waals surface area contributed by atoms with Gasteiger partial charge in [0.05, 0.1) is 11.4 Å². The topological polar surface area (TPSA) is 41.9 Å². The van der Waals surface area contributed by atoms with Gasteiger partial charge in [-0.25, -0.2) is 15.0 Å². The van der Waals surface area contributed by atoms with Gasteiger partial charge in [0.25, 0.3) is 0 Å². The van der Waals surface area contributed by atoms with E-state index in [0.717, 1.165) is 39.7 Å². The molecule has 1 aromatic heterocycles. The van der Waals surface area contributed by atoms with E-state index in [1.165, 1.54) is 65.9 Å². The molecule has 0 amide bonds. The summed E-state index contributed by atoms with van der Waals surface area (Å²) in [5.41, 5.74) is 14.6. The van der Waals surface area contributed by atoms with E-state index in [2.05, 4.69) is 150 Å². The second kappa shape index (κ2) is 13.7. The predicted molar refractivity (Wildman–Crippen MR) is 240 cm³/mol. The number of rotatable bonds is 6. The molecule has 7 aromatic carbocycles. The van der Waals surface area contributed by atoms with Crippen LogP contribution in [-0.4, -0.2) is 15.0 Å². The Balaban J connectivity index is 0.965. The second-order valence-electron chi connectivity index (χ2n) is 17.3. The molecule has 0 unspecified atom stereocenters. The molecule has 4 heteroatoms. The molecule has 0 atom stereocenters. The minimum Gasteiger partial charge on any atom is -0.310 e. The number of fused-ring (bicyclic) bond motifs is 2. The highest BCUT2D eigenvalue weighted by Gasteiger charge is 2.61. The quantitative estimate of drug-likeness (QED) is 0.169. The molecule has 1 aliphatic heterocycles. The Bertz CT molecular complexity index is 2760. The smallest absolute Gasteiger partial charge is 0.164 e.